The third kappa shape index (κ3) is 6.00. The van der Waals surface area contributed by atoms with E-state index in [1.165, 1.54) is 11.8 Å². The molecule has 4 atom stereocenters. The van der Waals surface area contributed by atoms with Gasteiger partial charge in [-0.2, -0.15) is 0 Å². The molecule has 0 radical (unpaired) electrons. The molecule has 8 heteroatoms. The van der Waals surface area contributed by atoms with Gasteiger partial charge in [0.05, 0.1) is 12.1 Å². The average Bonchev–Trinajstić information content (AvgIpc) is 3.06. The molecule has 1 saturated carbocycles. The Hall–Kier alpha value is -2.61. The van der Waals surface area contributed by atoms with Gasteiger partial charge in [-0.3, -0.25) is 14.5 Å². The third-order valence-corrected chi connectivity index (χ3v) is 6.27. The maximum atomic E-state index is 13.4. The number of amides is 3. The molecule has 1 saturated heterocycles. The second kappa shape index (κ2) is 9.90. The Balaban J connectivity index is 1.73. The molecule has 0 spiro atoms. The zero-order valence-electron chi connectivity index (χ0n) is 19.5. The Morgan fingerprint density at radius 1 is 1.16 bits per heavy atom. The Labute approximate surface area is 190 Å². The molecular weight excluding hydrogens is 408 g/mol. The van der Waals surface area contributed by atoms with Crippen LogP contribution in [0.4, 0.5) is 4.79 Å². The highest BCUT2D eigenvalue weighted by Gasteiger charge is 2.45. The first-order valence-electron chi connectivity index (χ1n) is 11.4. The predicted octanol–water partition coefficient (Wildman–Crippen LogP) is 2.58. The summed E-state index contributed by atoms with van der Waals surface area (Å²) in [6.07, 6.45) is 1.78. The van der Waals surface area contributed by atoms with E-state index in [2.05, 4.69) is 31.4 Å². The summed E-state index contributed by atoms with van der Waals surface area (Å²) in [7, 11) is 0. The van der Waals surface area contributed by atoms with E-state index in [0.717, 1.165) is 24.8 Å². The average molecular weight is 445 g/mol. The Morgan fingerprint density at radius 2 is 1.84 bits per heavy atom. The van der Waals surface area contributed by atoms with E-state index >= 15 is 0 Å². The molecule has 0 unspecified atom stereocenters. The smallest absolute Gasteiger partial charge is 0.408 e. The van der Waals surface area contributed by atoms with Crippen LogP contribution in [0.1, 0.15) is 58.9 Å². The Morgan fingerprint density at radius 3 is 2.44 bits per heavy atom. The van der Waals surface area contributed by atoms with E-state index in [4.69, 9.17) is 0 Å². The van der Waals surface area contributed by atoms with Gasteiger partial charge >= 0.3 is 6.09 Å². The van der Waals surface area contributed by atoms with Crippen LogP contribution >= 0.6 is 0 Å². The number of carbonyl (C=O) groups is 3. The molecular formula is C24H36N4O4. The van der Waals surface area contributed by atoms with Crippen LogP contribution in [0.5, 0.6) is 0 Å². The SMILES string of the molecule is CC(=O)N[C@H]1C[C@H](NC(C)(C)C)CC[C@@H]1N1CC[C@H](N(Cc2ccccc2)C(=O)O)C1=O. The molecule has 32 heavy (non-hydrogen) atoms. The van der Waals surface area contributed by atoms with Crippen LogP contribution in [-0.4, -0.2) is 69.1 Å². The summed E-state index contributed by atoms with van der Waals surface area (Å²) in [5.74, 6) is -0.276. The van der Waals surface area contributed by atoms with Crippen LogP contribution in [0.15, 0.2) is 30.3 Å². The molecule has 1 aromatic carbocycles. The van der Waals surface area contributed by atoms with Crippen LogP contribution in [0.3, 0.4) is 0 Å². The Bertz CT molecular complexity index is 823. The maximum absolute atomic E-state index is 13.4. The first kappa shape index (κ1) is 24.0. The second-order valence-corrected chi connectivity index (χ2v) is 10.0. The summed E-state index contributed by atoms with van der Waals surface area (Å²) in [5.41, 5.74) is 0.817. The maximum Gasteiger partial charge on any atom is 0.408 e. The first-order valence-corrected chi connectivity index (χ1v) is 11.4. The largest absolute Gasteiger partial charge is 0.465 e. The molecule has 3 rings (SSSR count). The summed E-state index contributed by atoms with van der Waals surface area (Å²) in [4.78, 5) is 40.3. The van der Waals surface area contributed by atoms with E-state index < -0.39 is 12.1 Å². The van der Waals surface area contributed by atoms with Crippen molar-refractivity contribution in [3.63, 3.8) is 0 Å². The van der Waals surface area contributed by atoms with Crippen molar-refractivity contribution in [2.45, 2.75) is 89.6 Å². The van der Waals surface area contributed by atoms with Crippen LogP contribution in [0.2, 0.25) is 0 Å². The number of likely N-dealkylation sites (tertiary alicyclic amines) is 1. The van der Waals surface area contributed by atoms with E-state index in [0.29, 0.717) is 13.0 Å². The lowest BCUT2D eigenvalue weighted by molar-refractivity contribution is -0.136. The molecule has 3 amide bonds. The number of nitrogens with zero attached hydrogens (tertiary/aromatic N) is 2. The highest BCUT2D eigenvalue weighted by atomic mass is 16.4. The van der Waals surface area contributed by atoms with Gasteiger partial charge in [-0.15, -0.1) is 0 Å². The topological polar surface area (TPSA) is 102 Å². The van der Waals surface area contributed by atoms with Crippen molar-refractivity contribution < 1.29 is 19.5 Å². The molecule has 0 bridgehead atoms. The summed E-state index contributed by atoms with van der Waals surface area (Å²) >= 11 is 0. The number of hydrogen-bond acceptors (Lipinski definition) is 4. The highest BCUT2D eigenvalue weighted by molar-refractivity contribution is 5.87. The lowest BCUT2D eigenvalue weighted by atomic mass is 9.84. The quantitative estimate of drug-likeness (QED) is 0.626. The summed E-state index contributed by atoms with van der Waals surface area (Å²) < 4.78 is 0. The number of hydrogen-bond donors (Lipinski definition) is 3. The number of benzene rings is 1. The fourth-order valence-corrected chi connectivity index (χ4v) is 5.08. The molecule has 176 valence electrons. The molecule has 0 aromatic heterocycles. The van der Waals surface area contributed by atoms with E-state index in [1.54, 1.807) is 4.90 Å². The van der Waals surface area contributed by atoms with E-state index in [-0.39, 0.29) is 42.0 Å². The van der Waals surface area contributed by atoms with E-state index in [9.17, 15) is 19.5 Å². The van der Waals surface area contributed by atoms with Crippen molar-refractivity contribution in [1.29, 1.82) is 0 Å². The van der Waals surface area contributed by atoms with E-state index in [1.807, 2.05) is 30.3 Å². The highest BCUT2D eigenvalue weighted by Crippen LogP contribution is 2.30. The van der Waals surface area contributed by atoms with Gasteiger partial charge in [-0.05, 0) is 52.0 Å². The number of nitrogens with one attached hydrogen (secondary N) is 2. The van der Waals surface area contributed by atoms with Gasteiger partial charge in [0.25, 0.3) is 0 Å². The fourth-order valence-electron chi connectivity index (χ4n) is 5.08. The minimum atomic E-state index is -1.09. The lowest BCUT2D eigenvalue weighted by Crippen LogP contribution is -2.59. The fraction of sp³-hybridized carbons (Fsp3) is 0.625. The van der Waals surface area contributed by atoms with Crippen molar-refractivity contribution in [3.05, 3.63) is 35.9 Å². The lowest BCUT2D eigenvalue weighted by Gasteiger charge is -2.43. The van der Waals surface area contributed by atoms with Crippen LogP contribution in [-0.2, 0) is 16.1 Å². The van der Waals surface area contributed by atoms with Crippen molar-refractivity contribution in [2.75, 3.05) is 6.54 Å². The van der Waals surface area contributed by atoms with Crippen molar-refractivity contribution in [2.24, 2.45) is 0 Å². The number of carboxylic acid groups (broad SMARTS) is 1. The standard InChI is InChI=1S/C24H36N4O4/c1-16(29)25-19-14-18(26-24(2,3)4)10-11-20(19)27-13-12-21(22(27)30)28(23(31)32)15-17-8-6-5-7-9-17/h5-9,18-21,26H,10-15H2,1-4H3,(H,25,29)(H,31,32)/t18-,19+,20+,21+/m1/s1. The van der Waals surface area contributed by atoms with Gasteiger partial charge in [0.1, 0.15) is 6.04 Å². The zero-order valence-corrected chi connectivity index (χ0v) is 19.5. The summed E-state index contributed by atoms with van der Waals surface area (Å²) in [6, 6.07) is 8.61. The van der Waals surface area contributed by atoms with Crippen LogP contribution < -0.4 is 10.6 Å². The molecule has 1 aliphatic heterocycles. The molecule has 1 aromatic rings. The molecule has 8 nitrogen and oxygen atoms in total. The normalized spacial score (nSPS) is 26.1. The second-order valence-electron chi connectivity index (χ2n) is 10.0. The van der Waals surface area contributed by atoms with Crippen molar-refractivity contribution >= 4 is 17.9 Å². The van der Waals surface area contributed by atoms with Gasteiger partial charge in [-0.25, -0.2) is 4.79 Å². The molecule has 2 aliphatic rings. The Kier molecular flexibility index (Phi) is 7.44. The van der Waals surface area contributed by atoms with Crippen LogP contribution in [0.25, 0.3) is 0 Å². The van der Waals surface area contributed by atoms with Crippen molar-refractivity contribution in [1.82, 2.24) is 20.4 Å². The van der Waals surface area contributed by atoms with Crippen molar-refractivity contribution in [3.8, 4) is 0 Å². The minimum Gasteiger partial charge on any atom is -0.465 e. The molecule has 2 fully saturated rings. The zero-order chi connectivity index (χ0) is 23.5. The number of rotatable bonds is 6. The number of carbonyl (C=O) groups excluding carboxylic acids is 2. The monoisotopic (exact) mass is 444 g/mol. The van der Waals surface area contributed by atoms with Gasteiger partial charge in [-0.1, -0.05) is 30.3 Å². The molecule has 1 heterocycles. The predicted molar refractivity (Wildman–Crippen MR) is 122 cm³/mol. The van der Waals surface area contributed by atoms with Gasteiger partial charge in [0.15, 0.2) is 0 Å². The third-order valence-electron chi connectivity index (χ3n) is 6.27. The van der Waals surface area contributed by atoms with Gasteiger partial charge < -0.3 is 20.6 Å². The first-order chi connectivity index (χ1) is 15.0. The van der Waals surface area contributed by atoms with Gasteiger partial charge in [0.2, 0.25) is 11.8 Å². The van der Waals surface area contributed by atoms with Gasteiger partial charge in [0, 0.05) is 31.6 Å². The minimum absolute atomic E-state index is 0.0355. The van der Waals surface area contributed by atoms with Crippen LogP contribution in [0, 0.1) is 0 Å². The molecule has 1 aliphatic carbocycles. The summed E-state index contributed by atoms with van der Waals surface area (Å²) in [5, 5.41) is 16.5. The summed E-state index contributed by atoms with van der Waals surface area (Å²) in [6.45, 7) is 8.54. The molecule has 3 N–H and O–H groups in total.